The van der Waals surface area contributed by atoms with E-state index >= 15 is 0 Å². The Morgan fingerprint density at radius 2 is 1.02 bits per heavy atom. The summed E-state index contributed by atoms with van der Waals surface area (Å²) in [6.45, 7) is 13.7. The molecule has 10 rings (SSSR count). The highest BCUT2D eigenvalue weighted by atomic mass is 32.1. The molecule has 0 saturated heterocycles. The van der Waals surface area contributed by atoms with Crippen molar-refractivity contribution in [1.29, 1.82) is 0 Å². The Kier molecular flexibility index (Phi) is 6.05. The van der Waals surface area contributed by atoms with Gasteiger partial charge in [-0.1, -0.05) is 126 Å². The van der Waals surface area contributed by atoms with Crippen LogP contribution in [0.5, 0.6) is 0 Å². The van der Waals surface area contributed by atoms with Gasteiger partial charge in [-0.05, 0) is 102 Å². The molecule has 2 aliphatic carbocycles. The zero-order valence-corrected chi connectivity index (χ0v) is 30.2. The molecule has 0 atom stereocenters. The molecule has 2 aliphatic rings. The number of furan rings is 1. The second-order valence-electron chi connectivity index (χ2n) is 16.2. The predicted octanol–water partition coefficient (Wildman–Crippen LogP) is 11.9. The third-order valence-electron chi connectivity index (χ3n) is 10.9. The van der Waals surface area contributed by atoms with Crippen molar-refractivity contribution in [1.82, 2.24) is 0 Å². The number of hydrogen-bond acceptors (Lipinski definition) is 2. The molecule has 242 valence electrons. The van der Waals surface area contributed by atoms with Crippen LogP contribution < -0.4 is 10.4 Å². The normalized spacial score (nSPS) is 13.7. The molecular weight excluding hydrogens is 625 g/mol. The molecule has 8 aromatic rings. The molecule has 0 radical (unpaired) electrons. The molecule has 50 heavy (non-hydrogen) atoms. The molecule has 2 heteroatoms. The van der Waals surface area contributed by atoms with Crippen molar-refractivity contribution in [2.45, 2.75) is 52.4 Å². The summed E-state index contributed by atoms with van der Waals surface area (Å²) >= 11 is 1.92. The highest BCUT2D eigenvalue weighted by molar-refractivity contribution is 7.21. The van der Waals surface area contributed by atoms with Crippen molar-refractivity contribution in [2.24, 2.45) is 0 Å². The van der Waals surface area contributed by atoms with Crippen molar-refractivity contribution < 1.29 is 4.42 Å². The van der Waals surface area contributed by atoms with Crippen LogP contribution in [0.2, 0.25) is 0 Å². The summed E-state index contributed by atoms with van der Waals surface area (Å²) in [5.41, 5.74) is 14.0. The van der Waals surface area contributed by atoms with Gasteiger partial charge in [0, 0.05) is 42.6 Å². The molecule has 0 amide bonds. The maximum absolute atomic E-state index is 6.72. The van der Waals surface area contributed by atoms with Gasteiger partial charge in [0.15, 0.2) is 0 Å². The molecule has 2 heterocycles. The maximum atomic E-state index is 6.72. The fourth-order valence-corrected chi connectivity index (χ4v) is 9.54. The summed E-state index contributed by atoms with van der Waals surface area (Å²) in [6, 6.07) is 45.6. The van der Waals surface area contributed by atoms with E-state index in [4.69, 9.17) is 4.42 Å². The fourth-order valence-electron chi connectivity index (χ4n) is 8.25. The summed E-state index contributed by atoms with van der Waals surface area (Å²) in [6.07, 6.45) is 0. The van der Waals surface area contributed by atoms with Crippen LogP contribution >= 0.6 is 11.3 Å². The highest BCUT2D eigenvalue weighted by Crippen LogP contribution is 2.48. The van der Waals surface area contributed by atoms with Gasteiger partial charge in [-0.15, -0.1) is 11.3 Å². The zero-order valence-electron chi connectivity index (χ0n) is 29.4. The first-order valence-corrected chi connectivity index (χ1v) is 18.5. The van der Waals surface area contributed by atoms with Crippen LogP contribution in [0.15, 0.2) is 126 Å². The lowest BCUT2D eigenvalue weighted by molar-refractivity contribution is 0.590. The third kappa shape index (κ3) is 4.25. The third-order valence-corrected chi connectivity index (χ3v) is 12.1. The van der Waals surface area contributed by atoms with E-state index in [1.54, 1.807) is 0 Å². The number of rotatable bonds is 2. The molecule has 1 nitrogen and oxygen atoms in total. The van der Waals surface area contributed by atoms with Gasteiger partial charge in [-0.25, -0.2) is 0 Å². The van der Waals surface area contributed by atoms with Crippen molar-refractivity contribution in [2.75, 3.05) is 0 Å². The van der Waals surface area contributed by atoms with Crippen molar-refractivity contribution in [3.8, 4) is 22.3 Å². The van der Waals surface area contributed by atoms with Crippen LogP contribution in [0.1, 0.15) is 74.4 Å². The molecule has 0 spiro atoms. The summed E-state index contributed by atoms with van der Waals surface area (Å²) in [5, 5.41) is 7.59. The maximum Gasteiger partial charge on any atom is 0.144 e. The lowest BCUT2D eigenvalue weighted by Gasteiger charge is -2.19. The van der Waals surface area contributed by atoms with Crippen LogP contribution in [0.25, 0.3) is 65.2 Å². The molecule has 6 aromatic carbocycles. The van der Waals surface area contributed by atoms with Crippen LogP contribution in [-0.2, 0) is 10.8 Å². The van der Waals surface area contributed by atoms with Gasteiger partial charge in [-0.2, -0.15) is 0 Å². The van der Waals surface area contributed by atoms with Crippen molar-refractivity contribution >= 4 is 54.3 Å². The van der Waals surface area contributed by atoms with E-state index in [1.807, 2.05) is 11.3 Å². The van der Waals surface area contributed by atoms with Gasteiger partial charge in [0.25, 0.3) is 0 Å². The quantitative estimate of drug-likeness (QED) is 0.180. The summed E-state index contributed by atoms with van der Waals surface area (Å²) in [5.74, 6) is 0.977. The molecule has 0 fully saturated rings. The minimum atomic E-state index is 0.0903. The topological polar surface area (TPSA) is 13.1 Å². The van der Waals surface area contributed by atoms with Crippen LogP contribution in [0.4, 0.5) is 0 Å². The van der Waals surface area contributed by atoms with Gasteiger partial charge in [0.05, 0.1) is 0 Å². The summed E-state index contributed by atoms with van der Waals surface area (Å²) < 4.78 is 8.06. The SMILES string of the molecule is CC(C)(C)c1ccc(C2=c3cc4cc5c(cc4cc3-c3c2oc2ccccc32)=C(c2ccc(C(C)(C)C)cc2)c2sc3ccccc3c2-5)cc1. The predicted molar refractivity (Wildman–Crippen MR) is 213 cm³/mol. The zero-order chi connectivity index (χ0) is 34.1. The molecule has 0 saturated carbocycles. The van der Waals surface area contributed by atoms with E-state index in [0.717, 1.165) is 11.3 Å². The number of thiophene rings is 1. The fraction of sp³-hybridized carbons (Fsp3) is 0.167. The Bertz CT molecular complexity index is 2640. The smallest absolute Gasteiger partial charge is 0.144 e. The second-order valence-corrected chi connectivity index (χ2v) is 17.2. The van der Waals surface area contributed by atoms with E-state index in [2.05, 4.69) is 163 Å². The molecule has 0 aliphatic heterocycles. The molecule has 0 N–H and O–H groups in total. The largest absolute Gasteiger partial charge is 0.455 e. The van der Waals surface area contributed by atoms with Gasteiger partial charge >= 0.3 is 0 Å². The van der Waals surface area contributed by atoms with Crippen LogP contribution in [0.3, 0.4) is 0 Å². The first kappa shape index (κ1) is 29.7. The Morgan fingerprint density at radius 3 is 1.64 bits per heavy atom. The van der Waals surface area contributed by atoms with Crippen molar-refractivity contribution in [3.63, 3.8) is 0 Å². The summed E-state index contributed by atoms with van der Waals surface area (Å²) in [4.78, 5) is 1.38. The van der Waals surface area contributed by atoms with Gasteiger partial charge in [-0.3, -0.25) is 0 Å². The highest BCUT2D eigenvalue weighted by Gasteiger charge is 2.31. The number of fused-ring (bicyclic) bond motifs is 11. The Balaban J connectivity index is 1.28. The Morgan fingerprint density at radius 1 is 0.500 bits per heavy atom. The first-order valence-electron chi connectivity index (χ1n) is 17.7. The molecule has 2 aromatic heterocycles. The lowest BCUT2D eigenvalue weighted by atomic mass is 9.86. The average Bonchev–Trinajstić information content (AvgIpc) is 3.82. The summed E-state index contributed by atoms with van der Waals surface area (Å²) in [7, 11) is 0. The second kappa shape index (κ2) is 10.2. The Labute approximate surface area is 296 Å². The monoisotopic (exact) mass is 662 g/mol. The number of hydrogen-bond donors (Lipinski definition) is 0. The minimum Gasteiger partial charge on any atom is -0.455 e. The first-order chi connectivity index (χ1) is 24.0. The Hall–Kier alpha value is -5.18. The van der Waals surface area contributed by atoms with E-state index in [-0.39, 0.29) is 10.8 Å². The number of para-hydroxylation sites is 1. The van der Waals surface area contributed by atoms with Crippen molar-refractivity contribution in [3.05, 3.63) is 165 Å². The van der Waals surface area contributed by atoms with E-state index in [9.17, 15) is 0 Å². The van der Waals surface area contributed by atoms with Gasteiger partial charge in [0.2, 0.25) is 0 Å². The van der Waals surface area contributed by atoms with E-state index in [0.29, 0.717) is 0 Å². The molecule has 0 unspecified atom stereocenters. The average molecular weight is 663 g/mol. The van der Waals surface area contributed by atoms with E-state index < -0.39 is 0 Å². The lowest BCUT2D eigenvalue weighted by Crippen LogP contribution is -2.12. The van der Waals surface area contributed by atoms with E-state index in [1.165, 1.54) is 97.2 Å². The van der Waals surface area contributed by atoms with Crippen LogP contribution in [-0.4, -0.2) is 0 Å². The van der Waals surface area contributed by atoms with Gasteiger partial charge in [0.1, 0.15) is 11.3 Å². The number of benzene rings is 6. The molecule has 0 bridgehead atoms. The standard InChI is InChI=1S/C48H38OS/c1-47(2,3)31-19-15-27(16-20-31)41-35-23-29-26-38-36(24-30(29)25-37(35)43-33-11-7-9-13-39(33)49-45(41)43)42(28-17-21-32(22-18-28)48(4,5)6)46-44(38)34-12-8-10-14-40(34)50-46/h7-26H,1-6H3. The molecular formula is C48H38OS. The van der Waals surface area contributed by atoms with Gasteiger partial charge < -0.3 is 4.42 Å². The van der Waals surface area contributed by atoms with Crippen LogP contribution in [0, 0.1) is 0 Å². The minimum absolute atomic E-state index is 0.0903.